The molecule has 1 saturated heterocycles. The molecule has 4 heteroatoms. The van der Waals surface area contributed by atoms with Gasteiger partial charge in [0.05, 0.1) is 0 Å². The maximum absolute atomic E-state index is 6.22. The zero-order chi connectivity index (χ0) is 13.2. The van der Waals surface area contributed by atoms with Crippen LogP contribution in [0.5, 0.6) is 0 Å². The molecule has 1 aliphatic heterocycles. The Balaban J connectivity index is 1.53. The van der Waals surface area contributed by atoms with Gasteiger partial charge in [0, 0.05) is 42.3 Å². The van der Waals surface area contributed by atoms with Crippen molar-refractivity contribution < 1.29 is 0 Å². The largest absolute Gasteiger partial charge is 0.311 e. The van der Waals surface area contributed by atoms with Gasteiger partial charge in [-0.15, -0.1) is 0 Å². The second-order valence-corrected chi connectivity index (χ2v) is 6.53. The van der Waals surface area contributed by atoms with E-state index in [0.717, 1.165) is 43.0 Å². The summed E-state index contributed by atoms with van der Waals surface area (Å²) in [7, 11) is 0. The Kier molecular flexibility index (Phi) is 4.33. The van der Waals surface area contributed by atoms with Crippen molar-refractivity contribution in [2.24, 2.45) is 5.92 Å². The highest BCUT2D eigenvalue weighted by Crippen LogP contribution is 2.33. The summed E-state index contributed by atoms with van der Waals surface area (Å²) in [6, 6.07) is 6.52. The molecule has 1 aromatic carbocycles. The number of hydrogen-bond donors (Lipinski definition) is 1. The Morgan fingerprint density at radius 3 is 2.84 bits per heavy atom. The van der Waals surface area contributed by atoms with Gasteiger partial charge in [0.2, 0.25) is 0 Å². The second-order valence-electron chi connectivity index (χ2n) is 5.68. The molecule has 0 bridgehead atoms. The third kappa shape index (κ3) is 3.63. The minimum absolute atomic E-state index is 0.713. The van der Waals surface area contributed by atoms with Gasteiger partial charge in [0.15, 0.2) is 0 Å². The van der Waals surface area contributed by atoms with E-state index in [-0.39, 0.29) is 0 Å². The molecule has 1 N–H and O–H groups in total. The van der Waals surface area contributed by atoms with E-state index in [9.17, 15) is 0 Å². The molecule has 19 heavy (non-hydrogen) atoms. The molecule has 1 unspecified atom stereocenters. The third-order valence-corrected chi connectivity index (χ3v) is 4.78. The van der Waals surface area contributed by atoms with Crippen LogP contribution in [0.2, 0.25) is 10.0 Å². The lowest BCUT2D eigenvalue weighted by Crippen LogP contribution is -2.52. The van der Waals surface area contributed by atoms with Crippen molar-refractivity contribution in [1.82, 2.24) is 10.2 Å². The highest BCUT2D eigenvalue weighted by Gasteiger charge is 2.33. The number of benzene rings is 1. The van der Waals surface area contributed by atoms with Gasteiger partial charge in [-0.25, -0.2) is 0 Å². The molecule has 1 aliphatic carbocycles. The molecule has 0 spiro atoms. The van der Waals surface area contributed by atoms with Gasteiger partial charge < -0.3 is 10.2 Å². The second kappa shape index (κ2) is 6.01. The number of nitrogens with zero attached hydrogens (tertiary/aromatic N) is 1. The Morgan fingerprint density at radius 2 is 2.11 bits per heavy atom. The summed E-state index contributed by atoms with van der Waals surface area (Å²) in [4.78, 5) is 2.56. The molecule has 0 aromatic heterocycles. The molecule has 2 fully saturated rings. The summed E-state index contributed by atoms with van der Waals surface area (Å²) in [5.41, 5.74) is 1.20. The number of piperazine rings is 1. The highest BCUT2D eigenvalue weighted by atomic mass is 35.5. The average molecular weight is 299 g/mol. The van der Waals surface area contributed by atoms with Crippen molar-refractivity contribution in [2.75, 3.05) is 26.2 Å². The van der Waals surface area contributed by atoms with Crippen molar-refractivity contribution in [2.45, 2.75) is 25.3 Å². The molecule has 0 amide bonds. The van der Waals surface area contributed by atoms with Crippen LogP contribution in [0.15, 0.2) is 18.2 Å². The quantitative estimate of drug-likeness (QED) is 0.918. The standard InChI is InChI=1S/C15H20Cl2N2/c16-13-4-3-11(14(17)9-13)5-7-19-8-6-18-15(10-19)12-1-2-12/h3-4,9,12,15,18H,1-2,5-8,10H2. The van der Waals surface area contributed by atoms with Gasteiger partial charge in [-0.05, 0) is 42.9 Å². The maximum Gasteiger partial charge on any atom is 0.0453 e. The van der Waals surface area contributed by atoms with E-state index in [1.54, 1.807) is 0 Å². The number of rotatable bonds is 4. The Labute approximate surface area is 125 Å². The van der Waals surface area contributed by atoms with Crippen molar-refractivity contribution in [3.8, 4) is 0 Å². The zero-order valence-electron chi connectivity index (χ0n) is 11.0. The fourth-order valence-electron chi connectivity index (χ4n) is 2.86. The number of nitrogens with one attached hydrogen (secondary N) is 1. The molecular weight excluding hydrogens is 279 g/mol. The van der Waals surface area contributed by atoms with Crippen LogP contribution in [-0.2, 0) is 6.42 Å². The van der Waals surface area contributed by atoms with Crippen LogP contribution in [0, 0.1) is 5.92 Å². The topological polar surface area (TPSA) is 15.3 Å². The zero-order valence-corrected chi connectivity index (χ0v) is 12.6. The third-order valence-electron chi connectivity index (χ3n) is 4.19. The van der Waals surface area contributed by atoms with E-state index in [4.69, 9.17) is 23.2 Å². The fraction of sp³-hybridized carbons (Fsp3) is 0.600. The van der Waals surface area contributed by atoms with Crippen molar-refractivity contribution >= 4 is 23.2 Å². The Hall–Kier alpha value is -0.280. The first-order valence-electron chi connectivity index (χ1n) is 7.12. The Bertz CT molecular complexity index is 446. The first kappa shape index (κ1) is 13.7. The van der Waals surface area contributed by atoms with Crippen molar-refractivity contribution in [3.63, 3.8) is 0 Å². The van der Waals surface area contributed by atoms with Gasteiger partial charge >= 0.3 is 0 Å². The summed E-state index contributed by atoms with van der Waals surface area (Å²) in [5, 5.41) is 5.15. The van der Waals surface area contributed by atoms with E-state index in [1.165, 1.54) is 24.9 Å². The van der Waals surface area contributed by atoms with Crippen LogP contribution in [-0.4, -0.2) is 37.1 Å². The number of hydrogen-bond acceptors (Lipinski definition) is 2. The van der Waals surface area contributed by atoms with E-state index in [0.29, 0.717) is 5.02 Å². The SMILES string of the molecule is Clc1ccc(CCN2CCNC(C3CC3)C2)c(Cl)c1. The number of halogens is 2. The van der Waals surface area contributed by atoms with E-state index < -0.39 is 0 Å². The van der Waals surface area contributed by atoms with Crippen molar-refractivity contribution in [1.29, 1.82) is 0 Å². The minimum atomic E-state index is 0.713. The van der Waals surface area contributed by atoms with Crippen LogP contribution in [0.1, 0.15) is 18.4 Å². The monoisotopic (exact) mass is 298 g/mol. The van der Waals surface area contributed by atoms with Gasteiger partial charge in [-0.1, -0.05) is 29.3 Å². The van der Waals surface area contributed by atoms with Crippen LogP contribution in [0.25, 0.3) is 0 Å². The fourth-order valence-corrected chi connectivity index (χ4v) is 3.37. The summed E-state index contributed by atoms with van der Waals surface area (Å²) in [6.07, 6.45) is 3.83. The molecule has 2 nitrogen and oxygen atoms in total. The molecule has 1 atom stereocenters. The first-order chi connectivity index (χ1) is 9.22. The molecule has 3 rings (SSSR count). The summed E-state index contributed by atoms with van der Waals surface area (Å²) >= 11 is 12.1. The van der Waals surface area contributed by atoms with Gasteiger partial charge in [0.25, 0.3) is 0 Å². The van der Waals surface area contributed by atoms with Crippen LogP contribution in [0.4, 0.5) is 0 Å². The normalized spacial score (nSPS) is 24.6. The summed E-state index contributed by atoms with van der Waals surface area (Å²) in [6.45, 7) is 4.55. The Morgan fingerprint density at radius 1 is 1.26 bits per heavy atom. The first-order valence-corrected chi connectivity index (χ1v) is 7.87. The predicted molar refractivity (Wildman–Crippen MR) is 81.1 cm³/mol. The van der Waals surface area contributed by atoms with Crippen molar-refractivity contribution in [3.05, 3.63) is 33.8 Å². The molecule has 1 aromatic rings. The van der Waals surface area contributed by atoms with Crippen LogP contribution in [0.3, 0.4) is 0 Å². The molecule has 104 valence electrons. The molecule has 1 heterocycles. The molecule has 1 saturated carbocycles. The lowest BCUT2D eigenvalue weighted by atomic mass is 10.1. The minimum Gasteiger partial charge on any atom is -0.311 e. The average Bonchev–Trinajstić information content (AvgIpc) is 3.22. The smallest absolute Gasteiger partial charge is 0.0453 e. The summed E-state index contributed by atoms with van der Waals surface area (Å²) < 4.78 is 0. The van der Waals surface area contributed by atoms with E-state index >= 15 is 0 Å². The molecule has 0 radical (unpaired) electrons. The van der Waals surface area contributed by atoms with Crippen LogP contribution < -0.4 is 5.32 Å². The highest BCUT2D eigenvalue weighted by molar-refractivity contribution is 6.35. The van der Waals surface area contributed by atoms with Gasteiger partial charge in [-0.2, -0.15) is 0 Å². The van der Waals surface area contributed by atoms with Crippen LogP contribution >= 0.6 is 23.2 Å². The molecular formula is C15H20Cl2N2. The maximum atomic E-state index is 6.22. The summed E-state index contributed by atoms with van der Waals surface area (Å²) in [5.74, 6) is 0.932. The predicted octanol–water partition coefficient (Wildman–Crippen LogP) is 3.22. The van der Waals surface area contributed by atoms with E-state index in [1.807, 2.05) is 18.2 Å². The lowest BCUT2D eigenvalue weighted by Gasteiger charge is -2.34. The molecule has 2 aliphatic rings. The van der Waals surface area contributed by atoms with E-state index in [2.05, 4.69) is 10.2 Å². The van der Waals surface area contributed by atoms with Gasteiger partial charge in [0.1, 0.15) is 0 Å². The van der Waals surface area contributed by atoms with Gasteiger partial charge in [-0.3, -0.25) is 0 Å². The lowest BCUT2D eigenvalue weighted by molar-refractivity contribution is 0.190.